The number of hydrogen-bond donors (Lipinski definition) is 2. The number of morpholine rings is 2. The molecule has 2 aromatic carbocycles. The van der Waals surface area contributed by atoms with E-state index in [0.29, 0.717) is 30.4 Å². The summed E-state index contributed by atoms with van der Waals surface area (Å²) in [6, 6.07) is 11.1. The first-order valence-corrected chi connectivity index (χ1v) is 14.4. The fourth-order valence-corrected chi connectivity index (χ4v) is 5.83. The number of carbonyl (C=O) groups excluding carboxylic acids is 2. The predicted octanol–water partition coefficient (Wildman–Crippen LogP) is 4.35. The summed E-state index contributed by atoms with van der Waals surface area (Å²) in [4.78, 5) is 30.9. The fourth-order valence-electron chi connectivity index (χ4n) is 5.83. The zero-order valence-electron chi connectivity index (χ0n) is 24.2. The van der Waals surface area contributed by atoms with Gasteiger partial charge in [0.15, 0.2) is 0 Å². The Balaban J connectivity index is 0.00000253. The van der Waals surface area contributed by atoms with Crippen molar-refractivity contribution in [1.29, 1.82) is 0 Å². The van der Waals surface area contributed by atoms with Crippen LogP contribution < -0.4 is 0 Å². The second-order valence-electron chi connectivity index (χ2n) is 10.8. The summed E-state index contributed by atoms with van der Waals surface area (Å²) in [6.45, 7) is 8.04. The standard InChI is InChI=1S/C31H38N4O6.2ClH/c36-30(28(32-38)3-1-9-34-11-15-40-16-12-34)22-5-7-26-24(19-22)21-25-20-23(6-8-27(25)26)31(37)29(33-39)4-2-10-35-13-17-41-18-14-35;;/h5-8,19-20,38-39H,1-4,9-18,21H2;2*1H/b32-28-,33-29-;;. The van der Waals surface area contributed by atoms with Crippen LogP contribution in [0.5, 0.6) is 0 Å². The van der Waals surface area contributed by atoms with Crippen molar-refractivity contribution in [3.8, 4) is 11.1 Å². The van der Waals surface area contributed by atoms with Gasteiger partial charge in [0.25, 0.3) is 0 Å². The highest BCUT2D eigenvalue weighted by Gasteiger charge is 2.24. The number of ketones is 2. The summed E-state index contributed by atoms with van der Waals surface area (Å²) in [7, 11) is 0. The molecule has 0 unspecified atom stereocenters. The van der Waals surface area contributed by atoms with Gasteiger partial charge in [0.05, 0.1) is 26.4 Å². The number of ether oxygens (including phenoxy) is 2. The van der Waals surface area contributed by atoms with Gasteiger partial charge in [-0.05, 0) is 79.6 Å². The minimum atomic E-state index is -0.273. The van der Waals surface area contributed by atoms with Gasteiger partial charge in [-0.2, -0.15) is 0 Å². The van der Waals surface area contributed by atoms with Gasteiger partial charge in [-0.25, -0.2) is 0 Å². The van der Waals surface area contributed by atoms with Gasteiger partial charge in [0.1, 0.15) is 11.4 Å². The van der Waals surface area contributed by atoms with Crippen molar-refractivity contribution >= 4 is 47.8 Å². The molecule has 43 heavy (non-hydrogen) atoms. The summed E-state index contributed by atoms with van der Waals surface area (Å²) >= 11 is 0. The van der Waals surface area contributed by atoms with E-state index in [1.165, 1.54) is 0 Å². The van der Waals surface area contributed by atoms with Crippen molar-refractivity contribution in [1.82, 2.24) is 9.80 Å². The minimum absolute atomic E-state index is 0. The maximum Gasteiger partial charge on any atom is 0.210 e. The molecule has 234 valence electrons. The number of rotatable bonds is 12. The van der Waals surface area contributed by atoms with Crippen LogP contribution in [0.2, 0.25) is 0 Å². The van der Waals surface area contributed by atoms with E-state index in [-0.39, 0.29) is 47.8 Å². The molecule has 2 fully saturated rings. The Kier molecular flexibility index (Phi) is 13.6. The smallest absolute Gasteiger partial charge is 0.210 e. The largest absolute Gasteiger partial charge is 0.411 e. The lowest BCUT2D eigenvalue weighted by molar-refractivity contribution is 0.0376. The van der Waals surface area contributed by atoms with Crippen molar-refractivity contribution < 1.29 is 29.5 Å². The molecule has 2 aromatic rings. The topological polar surface area (TPSA) is 124 Å². The number of benzene rings is 2. The van der Waals surface area contributed by atoms with Crippen LogP contribution in [0.3, 0.4) is 0 Å². The number of nitrogens with zero attached hydrogens (tertiary/aromatic N) is 4. The Morgan fingerprint density at radius 3 is 1.44 bits per heavy atom. The molecule has 0 bridgehead atoms. The first-order valence-electron chi connectivity index (χ1n) is 14.4. The Labute approximate surface area is 264 Å². The number of Topliss-reactive ketones (excluding diaryl/α,β-unsaturated/α-hetero) is 2. The lowest BCUT2D eigenvalue weighted by Crippen LogP contribution is -2.37. The van der Waals surface area contributed by atoms with E-state index in [4.69, 9.17) is 9.47 Å². The lowest BCUT2D eigenvalue weighted by atomic mass is 9.97. The summed E-state index contributed by atoms with van der Waals surface area (Å²) in [5.74, 6) is -0.546. The van der Waals surface area contributed by atoms with Crippen molar-refractivity contribution in [3.63, 3.8) is 0 Å². The number of oxime groups is 2. The van der Waals surface area contributed by atoms with Gasteiger partial charge < -0.3 is 19.9 Å². The third-order valence-corrected chi connectivity index (χ3v) is 8.15. The highest BCUT2D eigenvalue weighted by atomic mass is 35.5. The predicted molar refractivity (Wildman–Crippen MR) is 169 cm³/mol. The quantitative estimate of drug-likeness (QED) is 0.130. The molecule has 12 heteroatoms. The van der Waals surface area contributed by atoms with Crippen LogP contribution in [0.15, 0.2) is 46.7 Å². The molecule has 0 aromatic heterocycles. The SMILES string of the molecule is Cl.Cl.O=C(/C(CCCN1CCOCC1)=N\O)c1ccc2c(c1)Cc1cc(C(=O)/C(CCCN3CCOCC3)=N\O)ccc1-2. The molecular weight excluding hydrogens is 595 g/mol. The lowest BCUT2D eigenvalue weighted by Gasteiger charge is -2.26. The zero-order valence-corrected chi connectivity index (χ0v) is 25.8. The molecule has 0 amide bonds. The van der Waals surface area contributed by atoms with Crippen LogP contribution in [0.25, 0.3) is 11.1 Å². The third kappa shape index (κ3) is 8.62. The molecule has 10 nitrogen and oxygen atoms in total. The molecule has 0 radical (unpaired) electrons. The van der Waals surface area contributed by atoms with E-state index in [0.717, 1.165) is 101 Å². The molecule has 2 heterocycles. The van der Waals surface area contributed by atoms with Crippen LogP contribution in [-0.2, 0) is 15.9 Å². The van der Waals surface area contributed by atoms with Crippen LogP contribution in [0.1, 0.15) is 57.5 Å². The second-order valence-corrected chi connectivity index (χ2v) is 10.8. The normalized spacial score (nSPS) is 17.4. The number of fused-ring (bicyclic) bond motifs is 3. The van der Waals surface area contributed by atoms with E-state index in [2.05, 4.69) is 20.1 Å². The van der Waals surface area contributed by atoms with Gasteiger partial charge in [-0.15, -0.1) is 24.8 Å². The number of halogens is 2. The Hall–Kier alpha value is -2.86. The maximum absolute atomic E-state index is 13.2. The first-order chi connectivity index (χ1) is 20.1. The maximum atomic E-state index is 13.2. The van der Waals surface area contributed by atoms with Gasteiger partial charge in [-0.1, -0.05) is 34.6 Å². The molecule has 0 atom stereocenters. The van der Waals surface area contributed by atoms with Gasteiger partial charge in [0.2, 0.25) is 11.6 Å². The van der Waals surface area contributed by atoms with Gasteiger partial charge >= 0.3 is 0 Å². The average Bonchev–Trinajstić information content (AvgIpc) is 3.39. The number of carbonyl (C=O) groups is 2. The number of hydrogen-bond acceptors (Lipinski definition) is 10. The monoisotopic (exact) mass is 634 g/mol. The Bertz CT molecular complexity index is 1220. The molecule has 5 rings (SSSR count). The van der Waals surface area contributed by atoms with Crippen molar-refractivity contribution in [2.45, 2.75) is 32.1 Å². The second kappa shape index (κ2) is 16.8. The molecule has 0 spiro atoms. The van der Waals surface area contributed by atoms with E-state index in [1.54, 1.807) is 12.1 Å². The molecule has 3 aliphatic rings. The first kappa shape index (κ1) is 34.6. The average molecular weight is 636 g/mol. The van der Waals surface area contributed by atoms with Crippen molar-refractivity contribution in [2.75, 3.05) is 65.7 Å². The molecule has 0 saturated carbocycles. The van der Waals surface area contributed by atoms with E-state index in [1.807, 2.05) is 24.3 Å². The van der Waals surface area contributed by atoms with Crippen molar-refractivity contribution in [3.05, 3.63) is 58.7 Å². The molecular formula is C31H40Cl2N4O6. The molecule has 2 N–H and O–H groups in total. The minimum Gasteiger partial charge on any atom is -0.411 e. The van der Waals surface area contributed by atoms with E-state index >= 15 is 0 Å². The summed E-state index contributed by atoms with van der Waals surface area (Å²) in [6.07, 6.45) is 2.83. The highest BCUT2D eigenvalue weighted by Crippen LogP contribution is 2.37. The Morgan fingerprint density at radius 2 is 1.07 bits per heavy atom. The summed E-state index contributed by atoms with van der Waals surface area (Å²) in [5, 5.41) is 25.8. The Morgan fingerprint density at radius 1 is 0.674 bits per heavy atom. The van der Waals surface area contributed by atoms with E-state index < -0.39 is 0 Å². The molecule has 2 saturated heterocycles. The van der Waals surface area contributed by atoms with Gasteiger partial charge in [-0.3, -0.25) is 19.4 Å². The fraction of sp³-hybridized carbons (Fsp3) is 0.484. The van der Waals surface area contributed by atoms with Crippen LogP contribution in [0.4, 0.5) is 0 Å². The summed E-state index contributed by atoms with van der Waals surface area (Å²) in [5.41, 5.74) is 5.31. The summed E-state index contributed by atoms with van der Waals surface area (Å²) < 4.78 is 10.8. The van der Waals surface area contributed by atoms with Crippen LogP contribution in [0, 0.1) is 0 Å². The van der Waals surface area contributed by atoms with Gasteiger partial charge in [0, 0.05) is 37.3 Å². The van der Waals surface area contributed by atoms with E-state index in [9.17, 15) is 20.0 Å². The third-order valence-electron chi connectivity index (χ3n) is 8.15. The van der Waals surface area contributed by atoms with Crippen LogP contribution in [-0.4, -0.2) is 109 Å². The van der Waals surface area contributed by atoms with Crippen molar-refractivity contribution in [2.24, 2.45) is 10.3 Å². The molecule has 2 aliphatic heterocycles. The molecule has 1 aliphatic carbocycles. The zero-order chi connectivity index (χ0) is 28.6. The highest BCUT2D eigenvalue weighted by molar-refractivity contribution is 6.46. The van der Waals surface area contributed by atoms with Crippen LogP contribution >= 0.6 is 24.8 Å².